The summed E-state index contributed by atoms with van der Waals surface area (Å²) in [6, 6.07) is 7.87. The lowest BCUT2D eigenvalue weighted by molar-refractivity contribution is -0.141. The molecule has 2 aliphatic heterocycles. The van der Waals surface area contributed by atoms with Crippen LogP contribution in [0.25, 0.3) is 0 Å². The molecule has 2 aliphatic rings. The lowest BCUT2D eigenvalue weighted by Crippen LogP contribution is -2.57. The van der Waals surface area contributed by atoms with Crippen LogP contribution in [0.4, 0.5) is 0 Å². The Hall–Kier alpha value is -1.85. The molecule has 5 nitrogen and oxygen atoms in total. The number of rotatable bonds is 5. The van der Waals surface area contributed by atoms with Crippen molar-refractivity contribution in [2.24, 2.45) is 5.41 Å². The molecule has 4 rings (SSSR count). The summed E-state index contributed by atoms with van der Waals surface area (Å²) < 4.78 is 17.7. The van der Waals surface area contributed by atoms with Gasteiger partial charge in [-0.2, -0.15) is 0 Å². The van der Waals surface area contributed by atoms with E-state index in [9.17, 15) is 0 Å². The van der Waals surface area contributed by atoms with E-state index in [1.165, 1.54) is 0 Å². The SMILES string of the molecule is c1cncc(OC[C@]23CCCO[C@@H]2CCN(Cc2ccco2)C3)c1. The third-order valence-electron chi connectivity index (χ3n) is 5.19. The van der Waals surface area contributed by atoms with E-state index < -0.39 is 0 Å². The van der Waals surface area contributed by atoms with Crippen LogP contribution in [-0.4, -0.2) is 42.3 Å². The van der Waals surface area contributed by atoms with Crippen molar-refractivity contribution in [1.29, 1.82) is 0 Å². The van der Waals surface area contributed by atoms with Gasteiger partial charge in [-0.05, 0) is 43.5 Å². The maximum atomic E-state index is 6.11. The molecule has 0 aromatic carbocycles. The summed E-state index contributed by atoms with van der Waals surface area (Å²) in [6.07, 6.45) is 8.87. The van der Waals surface area contributed by atoms with E-state index in [-0.39, 0.29) is 11.5 Å². The number of ether oxygens (including phenoxy) is 2. The Balaban J connectivity index is 1.47. The molecule has 5 heteroatoms. The second-order valence-corrected chi connectivity index (χ2v) is 6.88. The summed E-state index contributed by atoms with van der Waals surface area (Å²) in [5, 5.41) is 0. The highest BCUT2D eigenvalue weighted by Gasteiger charge is 2.46. The van der Waals surface area contributed by atoms with Crippen LogP contribution >= 0.6 is 0 Å². The molecule has 0 spiro atoms. The molecule has 0 amide bonds. The number of nitrogens with zero attached hydrogens (tertiary/aromatic N) is 2. The Morgan fingerprint density at radius 1 is 1.33 bits per heavy atom. The smallest absolute Gasteiger partial charge is 0.137 e. The molecule has 2 saturated heterocycles. The molecule has 2 fully saturated rings. The minimum absolute atomic E-state index is 0.0545. The van der Waals surface area contributed by atoms with Gasteiger partial charge in [-0.3, -0.25) is 9.88 Å². The molecule has 24 heavy (non-hydrogen) atoms. The molecule has 4 heterocycles. The highest BCUT2D eigenvalue weighted by Crippen LogP contribution is 2.41. The molecule has 0 N–H and O–H groups in total. The van der Waals surface area contributed by atoms with Gasteiger partial charge in [-0.25, -0.2) is 0 Å². The molecule has 2 aromatic heterocycles. The maximum Gasteiger partial charge on any atom is 0.137 e. The van der Waals surface area contributed by atoms with Gasteiger partial charge in [-0.1, -0.05) is 0 Å². The molecular formula is C19H24N2O3. The van der Waals surface area contributed by atoms with Gasteiger partial charge in [0.05, 0.1) is 31.7 Å². The van der Waals surface area contributed by atoms with E-state index >= 15 is 0 Å². The Kier molecular flexibility index (Phi) is 4.54. The number of furan rings is 1. The fourth-order valence-corrected chi connectivity index (χ4v) is 4.01. The zero-order valence-electron chi connectivity index (χ0n) is 13.9. The summed E-state index contributed by atoms with van der Waals surface area (Å²) in [5.41, 5.74) is 0.0545. The normalized spacial score (nSPS) is 27.6. The number of hydrogen-bond donors (Lipinski definition) is 0. The van der Waals surface area contributed by atoms with Crippen LogP contribution in [0.15, 0.2) is 47.3 Å². The Labute approximate surface area is 142 Å². The summed E-state index contributed by atoms with van der Waals surface area (Å²) in [6.45, 7) is 4.43. The predicted octanol–water partition coefficient (Wildman–Crippen LogP) is 3.12. The van der Waals surface area contributed by atoms with Crippen LogP contribution in [0.1, 0.15) is 25.0 Å². The first-order valence-corrected chi connectivity index (χ1v) is 8.73. The van der Waals surface area contributed by atoms with Crippen molar-refractivity contribution >= 4 is 0 Å². The summed E-state index contributed by atoms with van der Waals surface area (Å²) in [5.74, 6) is 1.85. The Morgan fingerprint density at radius 2 is 2.33 bits per heavy atom. The van der Waals surface area contributed by atoms with Crippen molar-refractivity contribution in [2.75, 3.05) is 26.3 Å². The van der Waals surface area contributed by atoms with Gasteiger partial charge in [0.15, 0.2) is 0 Å². The van der Waals surface area contributed by atoms with Crippen molar-refractivity contribution in [3.63, 3.8) is 0 Å². The zero-order chi connectivity index (χ0) is 16.2. The second kappa shape index (κ2) is 6.95. The summed E-state index contributed by atoms with van der Waals surface area (Å²) in [7, 11) is 0. The number of fused-ring (bicyclic) bond motifs is 1. The van der Waals surface area contributed by atoms with Crippen molar-refractivity contribution in [1.82, 2.24) is 9.88 Å². The average Bonchev–Trinajstić information content (AvgIpc) is 3.14. The Morgan fingerprint density at radius 3 is 3.17 bits per heavy atom. The van der Waals surface area contributed by atoms with Crippen molar-refractivity contribution in [3.05, 3.63) is 48.7 Å². The lowest BCUT2D eigenvalue weighted by Gasteiger charge is -2.50. The number of piperidine rings is 1. The van der Waals surface area contributed by atoms with E-state index in [2.05, 4.69) is 9.88 Å². The van der Waals surface area contributed by atoms with Crippen LogP contribution in [0.2, 0.25) is 0 Å². The molecule has 0 saturated carbocycles. The van der Waals surface area contributed by atoms with Gasteiger partial charge in [0, 0.05) is 31.3 Å². The second-order valence-electron chi connectivity index (χ2n) is 6.88. The van der Waals surface area contributed by atoms with Gasteiger partial charge in [0.25, 0.3) is 0 Å². The van der Waals surface area contributed by atoms with Crippen molar-refractivity contribution < 1.29 is 13.9 Å². The number of likely N-dealkylation sites (tertiary alicyclic amines) is 1. The molecular weight excluding hydrogens is 304 g/mol. The predicted molar refractivity (Wildman–Crippen MR) is 89.7 cm³/mol. The van der Waals surface area contributed by atoms with E-state index in [1.807, 2.05) is 24.3 Å². The van der Waals surface area contributed by atoms with Gasteiger partial charge >= 0.3 is 0 Å². The first kappa shape index (κ1) is 15.7. The van der Waals surface area contributed by atoms with E-state index in [4.69, 9.17) is 13.9 Å². The average molecular weight is 328 g/mol. The molecule has 0 bridgehead atoms. The topological polar surface area (TPSA) is 47.7 Å². The highest BCUT2D eigenvalue weighted by atomic mass is 16.5. The first-order valence-electron chi connectivity index (χ1n) is 8.73. The quantitative estimate of drug-likeness (QED) is 0.844. The van der Waals surface area contributed by atoms with Crippen LogP contribution in [0.3, 0.4) is 0 Å². The van der Waals surface area contributed by atoms with Crippen LogP contribution < -0.4 is 4.74 Å². The fraction of sp³-hybridized carbons (Fsp3) is 0.526. The minimum atomic E-state index is 0.0545. The van der Waals surface area contributed by atoms with E-state index in [1.54, 1.807) is 18.7 Å². The van der Waals surface area contributed by atoms with Crippen LogP contribution in [0.5, 0.6) is 5.75 Å². The highest BCUT2D eigenvalue weighted by molar-refractivity contribution is 5.16. The maximum absolute atomic E-state index is 6.11. The van der Waals surface area contributed by atoms with Crippen LogP contribution in [0, 0.1) is 5.41 Å². The van der Waals surface area contributed by atoms with Crippen molar-refractivity contribution in [2.45, 2.75) is 31.9 Å². The summed E-state index contributed by atoms with van der Waals surface area (Å²) in [4.78, 5) is 6.60. The van der Waals surface area contributed by atoms with E-state index in [0.717, 1.165) is 57.0 Å². The molecule has 2 aromatic rings. The standard InChI is InChI=1S/C19H24N2O3/c1-4-16(12-20-8-1)24-15-19-7-3-11-23-18(19)6-9-21(14-19)13-17-5-2-10-22-17/h1-2,4-5,8,10,12,18H,3,6-7,9,11,13-15H2/t18-,19-/m1/s1. The molecule has 0 unspecified atom stereocenters. The minimum Gasteiger partial charge on any atom is -0.491 e. The van der Waals surface area contributed by atoms with Gasteiger partial charge < -0.3 is 13.9 Å². The van der Waals surface area contributed by atoms with Gasteiger partial charge in [0.2, 0.25) is 0 Å². The summed E-state index contributed by atoms with van der Waals surface area (Å²) >= 11 is 0. The van der Waals surface area contributed by atoms with E-state index in [0.29, 0.717) is 6.61 Å². The molecule has 0 radical (unpaired) electrons. The number of hydrogen-bond acceptors (Lipinski definition) is 5. The number of aromatic nitrogens is 1. The lowest BCUT2D eigenvalue weighted by atomic mass is 9.73. The molecule has 2 atom stereocenters. The molecule has 128 valence electrons. The third-order valence-corrected chi connectivity index (χ3v) is 5.19. The van der Waals surface area contributed by atoms with Crippen molar-refractivity contribution in [3.8, 4) is 5.75 Å². The van der Waals surface area contributed by atoms with Gasteiger partial charge in [0.1, 0.15) is 11.5 Å². The first-order chi connectivity index (χ1) is 11.8. The van der Waals surface area contributed by atoms with Gasteiger partial charge in [-0.15, -0.1) is 0 Å². The third kappa shape index (κ3) is 3.32. The fourth-order valence-electron chi connectivity index (χ4n) is 4.01. The Bertz CT molecular complexity index is 631. The molecule has 0 aliphatic carbocycles. The monoisotopic (exact) mass is 328 g/mol. The van der Waals surface area contributed by atoms with Crippen LogP contribution in [-0.2, 0) is 11.3 Å². The number of pyridine rings is 1. The zero-order valence-corrected chi connectivity index (χ0v) is 13.9. The largest absolute Gasteiger partial charge is 0.491 e.